The lowest BCUT2D eigenvalue weighted by atomic mass is 10.1. The van der Waals surface area contributed by atoms with Crippen molar-refractivity contribution in [2.75, 3.05) is 31.0 Å². The van der Waals surface area contributed by atoms with Crippen LogP contribution in [0.15, 0.2) is 42.6 Å². The smallest absolute Gasteiger partial charge is 0.0828 e. The van der Waals surface area contributed by atoms with E-state index >= 15 is 0 Å². The van der Waals surface area contributed by atoms with Crippen molar-refractivity contribution < 1.29 is 0 Å². The minimum atomic E-state index is 0.383. The largest absolute Gasteiger partial charge is 0.344 e. The van der Waals surface area contributed by atoms with Crippen LogP contribution in [0.4, 0.5) is 11.4 Å². The summed E-state index contributed by atoms with van der Waals surface area (Å²) in [7, 11) is 4.29. The molecule has 0 saturated carbocycles. The maximum atomic E-state index is 3.57. The molecule has 2 heterocycles. The standard InChI is InChI=1S/C18H26N4/c1-14(2)18(20(3)4)22-13-15-12-16(8-9-17(15)19-22)21-10-6-5-7-11-21/h5-10,12,14,18-19H,11,13H2,1-4H3. The Bertz CT molecular complexity index is 581. The fourth-order valence-electron chi connectivity index (χ4n) is 3.43. The van der Waals surface area contributed by atoms with E-state index in [4.69, 9.17) is 0 Å². The first-order chi connectivity index (χ1) is 10.6. The number of nitrogens with one attached hydrogen (secondary N) is 1. The summed E-state index contributed by atoms with van der Waals surface area (Å²) in [6.45, 7) is 6.42. The predicted octanol–water partition coefficient (Wildman–Crippen LogP) is 3.26. The molecule has 0 saturated heterocycles. The maximum absolute atomic E-state index is 3.57. The summed E-state index contributed by atoms with van der Waals surface area (Å²) in [4.78, 5) is 4.55. The molecule has 4 heteroatoms. The number of anilines is 2. The van der Waals surface area contributed by atoms with Gasteiger partial charge >= 0.3 is 0 Å². The third kappa shape index (κ3) is 2.89. The summed E-state index contributed by atoms with van der Waals surface area (Å²) < 4.78 is 0. The lowest BCUT2D eigenvalue weighted by Gasteiger charge is -2.35. The van der Waals surface area contributed by atoms with Gasteiger partial charge in [-0.3, -0.25) is 4.90 Å². The maximum Gasteiger partial charge on any atom is 0.0828 e. The number of hydrogen-bond acceptors (Lipinski definition) is 4. The zero-order valence-corrected chi connectivity index (χ0v) is 14.0. The molecule has 1 N–H and O–H groups in total. The number of rotatable bonds is 4. The Morgan fingerprint density at radius 1 is 1.18 bits per heavy atom. The van der Waals surface area contributed by atoms with Crippen LogP contribution in [0.25, 0.3) is 0 Å². The van der Waals surface area contributed by atoms with Gasteiger partial charge in [0.05, 0.1) is 11.9 Å². The molecule has 1 aromatic rings. The summed E-state index contributed by atoms with van der Waals surface area (Å²) in [5.41, 5.74) is 7.42. The highest BCUT2D eigenvalue weighted by Gasteiger charge is 2.29. The van der Waals surface area contributed by atoms with Gasteiger partial charge in [-0.2, -0.15) is 0 Å². The fourth-order valence-corrected chi connectivity index (χ4v) is 3.43. The number of nitrogens with zero attached hydrogens (tertiary/aromatic N) is 3. The molecule has 1 unspecified atom stereocenters. The van der Waals surface area contributed by atoms with Crippen molar-refractivity contribution in [1.82, 2.24) is 9.91 Å². The van der Waals surface area contributed by atoms with Gasteiger partial charge < -0.3 is 10.3 Å². The second-order valence-electron chi connectivity index (χ2n) is 6.62. The van der Waals surface area contributed by atoms with E-state index in [9.17, 15) is 0 Å². The summed E-state index contributed by atoms with van der Waals surface area (Å²) >= 11 is 0. The molecule has 0 radical (unpaired) electrons. The highest BCUT2D eigenvalue weighted by molar-refractivity contribution is 5.63. The average Bonchev–Trinajstić information content (AvgIpc) is 2.89. The third-order valence-electron chi connectivity index (χ3n) is 4.29. The van der Waals surface area contributed by atoms with Crippen LogP contribution in [0.1, 0.15) is 19.4 Å². The predicted molar refractivity (Wildman–Crippen MR) is 93.5 cm³/mol. The van der Waals surface area contributed by atoms with Gasteiger partial charge in [0.25, 0.3) is 0 Å². The molecule has 1 aromatic carbocycles. The Balaban J connectivity index is 1.79. The number of hydrogen-bond donors (Lipinski definition) is 1. The van der Waals surface area contributed by atoms with Gasteiger partial charge in [0.15, 0.2) is 0 Å². The number of allylic oxidation sites excluding steroid dienone is 2. The van der Waals surface area contributed by atoms with E-state index in [2.05, 4.69) is 90.8 Å². The molecule has 4 nitrogen and oxygen atoms in total. The first-order valence-electron chi connectivity index (χ1n) is 7.99. The lowest BCUT2D eigenvalue weighted by Crippen LogP contribution is -2.48. The monoisotopic (exact) mass is 298 g/mol. The van der Waals surface area contributed by atoms with E-state index in [1.54, 1.807) is 0 Å². The molecule has 0 aromatic heterocycles. The van der Waals surface area contributed by atoms with Crippen molar-refractivity contribution in [1.29, 1.82) is 0 Å². The SMILES string of the molecule is CC(C)C(N(C)C)N1Cc2cc(N3C=CC=CC3)ccc2N1. The minimum Gasteiger partial charge on any atom is -0.344 e. The van der Waals surface area contributed by atoms with E-state index in [1.165, 1.54) is 16.9 Å². The van der Waals surface area contributed by atoms with Crippen LogP contribution in [0, 0.1) is 5.92 Å². The number of hydrazine groups is 1. The molecular formula is C18H26N4. The van der Waals surface area contributed by atoms with Crippen molar-refractivity contribution in [3.63, 3.8) is 0 Å². The zero-order valence-electron chi connectivity index (χ0n) is 14.0. The first-order valence-corrected chi connectivity index (χ1v) is 7.99. The number of fused-ring (bicyclic) bond motifs is 1. The fraction of sp³-hybridized carbons (Fsp3) is 0.444. The van der Waals surface area contributed by atoms with Crippen molar-refractivity contribution in [3.8, 4) is 0 Å². The van der Waals surface area contributed by atoms with Gasteiger partial charge in [0, 0.05) is 25.0 Å². The summed E-state index contributed by atoms with van der Waals surface area (Å²) in [6, 6.07) is 6.70. The summed E-state index contributed by atoms with van der Waals surface area (Å²) in [5.74, 6) is 0.562. The van der Waals surface area contributed by atoms with Crippen molar-refractivity contribution in [2.24, 2.45) is 5.92 Å². The molecule has 1 atom stereocenters. The van der Waals surface area contributed by atoms with Crippen LogP contribution in [0.5, 0.6) is 0 Å². The quantitative estimate of drug-likeness (QED) is 0.921. The van der Waals surface area contributed by atoms with E-state index < -0.39 is 0 Å². The summed E-state index contributed by atoms with van der Waals surface area (Å²) in [6.07, 6.45) is 8.88. The van der Waals surface area contributed by atoms with Crippen molar-refractivity contribution in [2.45, 2.75) is 26.6 Å². The minimum absolute atomic E-state index is 0.383. The Morgan fingerprint density at radius 2 is 2.00 bits per heavy atom. The molecule has 3 rings (SSSR count). The molecular weight excluding hydrogens is 272 g/mol. The van der Waals surface area contributed by atoms with Crippen LogP contribution in [0.2, 0.25) is 0 Å². The lowest BCUT2D eigenvalue weighted by molar-refractivity contribution is 0.0640. The third-order valence-corrected chi connectivity index (χ3v) is 4.29. The number of benzene rings is 1. The van der Waals surface area contributed by atoms with Gasteiger partial charge in [-0.25, -0.2) is 5.01 Å². The molecule has 0 amide bonds. The van der Waals surface area contributed by atoms with Crippen LogP contribution in [0.3, 0.4) is 0 Å². The molecule has 0 spiro atoms. The van der Waals surface area contributed by atoms with E-state index in [0.717, 1.165) is 13.1 Å². The molecule has 0 aliphatic carbocycles. The molecule has 118 valence electrons. The second-order valence-corrected chi connectivity index (χ2v) is 6.62. The molecule has 2 aliphatic rings. The van der Waals surface area contributed by atoms with E-state index in [0.29, 0.717) is 12.1 Å². The van der Waals surface area contributed by atoms with Crippen molar-refractivity contribution >= 4 is 11.4 Å². The van der Waals surface area contributed by atoms with Crippen LogP contribution in [-0.2, 0) is 6.54 Å². The van der Waals surface area contributed by atoms with Crippen LogP contribution in [-0.4, -0.2) is 36.7 Å². The molecule has 2 aliphatic heterocycles. The van der Waals surface area contributed by atoms with E-state index in [-0.39, 0.29) is 0 Å². The zero-order chi connectivity index (χ0) is 15.7. The van der Waals surface area contributed by atoms with E-state index in [1.807, 2.05) is 0 Å². The molecule has 0 bridgehead atoms. The van der Waals surface area contributed by atoms with Gasteiger partial charge in [0.2, 0.25) is 0 Å². The topological polar surface area (TPSA) is 21.8 Å². The highest BCUT2D eigenvalue weighted by Crippen LogP contribution is 2.32. The second kappa shape index (κ2) is 6.15. The van der Waals surface area contributed by atoms with Gasteiger partial charge in [-0.05, 0) is 49.9 Å². The van der Waals surface area contributed by atoms with Crippen molar-refractivity contribution in [3.05, 3.63) is 48.2 Å². The Morgan fingerprint density at radius 3 is 2.64 bits per heavy atom. The molecule has 22 heavy (non-hydrogen) atoms. The highest BCUT2D eigenvalue weighted by atomic mass is 15.6. The average molecular weight is 298 g/mol. The summed E-state index contributed by atoms with van der Waals surface area (Å²) in [5, 5.41) is 2.34. The Kier molecular flexibility index (Phi) is 4.23. The van der Waals surface area contributed by atoms with Gasteiger partial charge in [-0.1, -0.05) is 26.0 Å². The van der Waals surface area contributed by atoms with Gasteiger partial charge in [0.1, 0.15) is 0 Å². The normalized spacial score (nSPS) is 18.9. The first kappa shape index (κ1) is 15.1. The molecule has 0 fully saturated rings. The van der Waals surface area contributed by atoms with Gasteiger partial charge in [-0.15, -0.1) is 0 Å². The Hall–Kier alpha value is -1.78. The van der Waals surface area contributed by atoms with Crippen LogP contribution >= 0.6 is 0 Å². The van der Waals surface area contributed by atoms with Crippen LogP contribution < -0.4 is 10.3 Å². The Labute approximate surface area is 133 Å².